The first-order chi connectivity index (χ1) is 18.5. The highest BCUT2D eigenvalue weighted by atomic mass is 35.5. The van der Waals surface area contributed by atoms with E-state index >= 15 is 0 Å². The van der Waals surface area contributed by atoms with E-state index < -0.39 is 12.0 Å². The highest BCUT2D eigenvalue weighted by molar-refractivity contribution is 7.10. The van der Waals surface area contributed by atoms with Crippen molar-refractivity contribution in [1.29, 1.82) is 0 Å². The van der Waals surface area contributed by atoms with Crippen LogP contribution in [0.5, 0.6) is 11.5 Å². The fourth-order valence-electron chi connectivity index (χ4n) is 4.33. The summed E-state index contributed by atoms with van der Waals surface area (Å²) in [7, 11) is 3.03. The van der Waals surface area contributed by atoms with Crippen molar-refractivity contribution in [2.45, 2.75) is 13.0 Å². The SMILES string of the molecule is CCOC(=O)C1=C(c2ccccc2)N=c2s/c(=C\c3cc(Cl)c(OC)c(OC)c3)c(=O)n2[C@@H]1c1cccs1. The Morgan fingerprint density at radius 2 is 1.92 bits per heavy atom. The molecule has 0 aliphatic carbocycles. The number of hydrogen-bond donors (Lipinski definition) is 0. The molecule has 5 rings (SSSR count). The third-order valence-corrected chi connectivity index (χ3v) is 8.13. The number of ether oxygens (including phenoxy) is 3. The molecule has 0 amide bonds. The van der Waals surface area contributed by atoms with Gasteiger partial charge in [-0.2, -0.15) is 0 Å². The minimum atomic E-state index is -0.684. The van der Waals surface area contributed by atoms with Crippen LogP contribution in [0.15, 0.2) is 75.3 Å². The van der Waals surface area contributed by atoms with Crippen LogP contribution in [0.1, 0.15) is 29.0 Å². The normalized spacial score (nSPS) is 15.2. The lowest BCUT2D eigenvalue weighted by Gasteiger charge is -2.24. The molecule has 0 unspecified atom stereocenters. The van der Waals surface area contributed by atoms with Crippen LogP contribution < -0.4 is 24.4 Å². The number of esters is 1. The molecule has 0 fully saturated rings. The lowest BCUT2D eigenvalue weighted by Crippen LogP contribution is -2.39. The summed E-state index contributed by atoms with van der Waals surface area (Å²) in [4.78, 5) is 33.4. The molecule has 0 radical (unpaired) electrons. The highest BCUT2D eigenvalue weighted by Gasteiger charge is 2.35. The van der Waals surface area contributed by atoms with Gasteiger partial charge in [0, 0.05) is 10.4 Å². The molecule has 0 saturated carbocycles. The van der Waals surface area contributed by atoms with Crippen LogP contribution in [0.3, 0.4) is 0 Å². The molecule has 1 aliphatic heterocycles. The van der Waals surface area contributed by atoms with Gasteiger partial charge in [-0.25, -0.2) is 9.79 Å². The second-order valence-corrected chi connectivity index (χ2v) is 10.6. The number of halogens is 1. The van der Waals surface area contributed by atoms with Crippen molar-refractivity contribution in [1.82, 2.24) is 4.57 Å². The van der Waals surface area contributed by atoms with Gasteiger partial charge in [0.05, 0.1) is 41.7 Å². The van der Waals surface area contributed by atoms with E-state index in [-0.39, 0.29) is 12.2 Å². The van der Waals surface area contributed by atoms with Crippen LogP contribution in [0.4, 0.5) is 0 Å². The molecule has 10 heteroatoms. The predicted molar refractivity (Wildman–Crippen MR) is 150 cm³/mol. The van der Waals surface area contributed by atoms with Crippen LogP contribution in [0.2, 0.25) is 5.02 Å². The van der Waals surface area contributed by atoms with Gasteiger partial charge in [-0.15, -0.1) is 11.3 Å². The van der Waals surface area contributed by atoms with E-state index in [1.807, 2.05) is 47.8 Å². The summed E-state index contributed by atoms with van der Waals surface area (Å²) < 4.78 is 18.2. The Labute approximate surface area is 231 Å². The van der Waals surface area contributed by atoms with E-state index in [4.69, 9.17) is 30.8 Å². The number of carbonyl (C=O) groups excluding carboxylic acids is 1. The first kappa shape index (κ1) is 26.0. The van der Waals surface area contributed by atoms with Crippen molar-refractivity contribution < 1.29 is 19.0 Å². The number of nitrogens with zero attached hydrogens (tertiary/aromatic N) is 2. The topological polar surface area (TPSA) is 79.1 Å². The maximum Gasteiger partial charge on any atom is 0.338 e. The summed E-state index contributed by atoms with van der Waals surface area (Å²) in [6.45, 7) is 1.95. The average molecular weight is 567 g/mol. The van der Waals surface area contributed by atoms with Gasteiger partial charge in [0.25, 0.3) is 5.56 Å². The van der Waals surface area contributed by atoms with Crippen molar-refractivity contribution in [3.8, 4) is 11.5 Å². The molecule has 2 aromatic heterocycles. The second kappa shape index (κ2) is 11.0. The van der Waals surface area contributed by atoms with Gasteiger partial charge >= 0.3 is 5.97 Å². The average Bonchev–Trinajstić information content (AvgIpc) is 3.56. The Kier molecular flexibility index (Phi) is 7.51. The third-order valence-electron chi connectivity index (χ3n) is 5.94. The Morgan fingerprint density at radius 1 is 1.13 bits per heavy atom. The molecule has 2 aromatic carbocycles. The molecular formula is C28H23ClN2O5S2. The van der Waals surface area contributed by atoms with Crippen molar-refractivity contribution in [2.24, 2.45) is 4.99 Å². The zero-order valence-electron chi connectivity index (χ0n) is 20.8. The molecular weight excluding hydrogens is 544 g/mol. The van der Waals surface area contributed by atoms with E-state index in [0.29, 0.717) is 42.7 Å². The number of hydrogen-bond acceptors (Lipinski definition) is 8. The van der Waals surface area contributed by atoms with E-state index in [1.165, 1.54) is 36.9 Å². The summed E-state index contributed by atoms with van der Waals surface area (Å²) in [5.74, 6) is 0.359. The second-order valence-electron chi connectivity index (χ2n) is 8.19. The van der Waals surface area contributed by atoms with Gasteiger partial charge in [-0.05, 0) is 42.1 Å². The standard InChI is InChI=1S/C28H23ClN2O5S2/c1-4-36-27(33)22-23(17-9-6-5-7-10-17)30-28-31(24(22)20-11-8-12-37-20)26(32)21(38-28)15-16-13-18(29)25(35-3)19(14-16)34-2/h5-15,24H,4H2,1-3H3/b21-15-/t24-/m1/s1. The number of rotatable bonds is 7. The molecule has 1 aliphatic rings. The molecule has 38 heavy (non-hydrogen) atoms. The highest BCUT2D eigenvalue weighted by Crippen LogP contribution is 2.38. The van der Waals surface area contributed by atoms with E-state index in [2.05, 4.69) is 0 Å². The van der Waals surface area contributed by atoms with Gasteiger partial charge in [-0.3, -0.25) is 9.36 Å². The largest absolute Gasteiger partial charge is 0.493 e. The molecule has 0 bridgehead atoms. The molecule has 0 N–H and O–H groups in total. The fourth-order valence-corrected chi connectivity index (χ4v) is 6.45. The van der Waals surface area contributed by atoms with E-state index in [1.54, 1.807) is 29.7 Å². The van der Waals surface area contributed by atoms with Crippen LogP contribution in [0.25, 0.3) is 11.8 Å². The Balaban J connectivity index is 1.78. The minimum absolute atomic E-state index is 0.200. The molecule has 4 aromatic rings. The molecule has 0 spiro atoms. The van der Waals surface area contributed by atoms with Gasteiger partial charge in [-0.1, -0.05) is 59.3 Å². The first-order valence-electron chi connectivity index (χ1n) is 11.7. The van der Waals surface area contributed by atoms with Crippen molar-refractivity contribution >= 4 is 52.0 Å². The maximum absolute atomic E-state index is 13.9. The van der Waals surface area contributed by atoms with Crippen molar-refractivity contribution in [2.75, 3.05) is 20.8 Å². The number of thiophene rings is 1. The number of thiazole rings is 1. The van der Waals surface area contributed by atoms with E-state index in [9.17, 15) is 9.59 Å². The van der Waals surface area contributed by atoms with E-state index in [0.717, 1.165) is 10.4 Å². The zero-order valence-corrected chi connectivity index (χ0v) is 23.2. The summed E-state index contributed by atoms with van der Waals surface area (Å²) in [5, 5.41) is 2.28. The summed E-state index contributed by atoms with van der Waals surface area (Å²) in [6.07, 6.45) is 1.74. The predicted octanol–water partition coefficient (Wildman–Crippen LogP) is 4.67. The van der Waals surface area contributed by atoms with Crippen LogP contribution in [-0.2, 0) is 9.53 Å². The minimum Gasteiger partial charge on any atom is -0.493 e. The van der Waals surface area contributed by atoms with Gasteiger partial charge in [0.2, 0.25) is 0 Å². The Hall–Kier alpha value is -3.66. The number of aromatic nitrogens is 1. The van der Waals surface area contributed by atoms with Gasteiger partial charge in [0.1, 0.15) is 6.04 Å². The monoisotopic (exact) mass is 566 g/mol. The zero-order chi connectivity index (χ0) is 26.8. The lowest BCUT2D eigenvalue weighted by molar-refractivity contribution is -0.138. The summed E-state index contributed by atoms with van der Waals surface area (Å²) >= 11 is 9.11. The van der Waals surface area contributed by atoms with Crippen molar-refractivity contribution in [3.05, 3.63) is 106 Å². The van der Waals surface area contributed by atoms with Crippen molar-refractivity contribution in [3.63, 3.8) is 0 Å². The smallest absolute Gasteiger partial charge is 0.338 e. The molecule has 0 saturated heterocycles. The van der Waals surface area contributed by atoms with Crippen LogP contribution in [-0.4, -0.2) is 31.4 Å². The molecule has 194 valence electrons. The summed E-state index contributed by atoms with van der Waals surface area (Å²) in [6, 6.07) is 16.0. The maximum atomic E-state index is 13.9. The quantitative estimate of drug-likeness (QED) is 0.304. The summed E-state index contributed by atoms with van der Waals surface area (Å²) in [5.41, 5.74) is 1.98. The Bertz CT molecular complexity index is 1710. The first-order valence-corrected chi connectivity index (χ1v) is 13.8. The Morgan fingerprint density at radius 3 is 2.58 bits per heavy atom. The number of carbonyl (C=O) groups is 1. The van der Waals surface area contributed by atoms with Crippen LogP contribution in [0, 0.1) is 0 Å². The van der Waals surface area contributed by atoms with Gasteiger partial charge < -0.3 is 14.2 Å². The lowest BCUT2D eigenvalue weighted by atomic mass is 9.97. The fraction of sp³-hybridized carbons (Fsp3) is 0.179. The molecule has 1 atom stereocenters. The van der Waals surface area contributed by atoms with Gasteiger partial charge in [0.15, 0.2) is 16.3 Å². The third kappa shape index (κ3) is 4.69. The number of benzene rings is 2. The number of fused-ring (bicyclic) bond motifs is 1. The van der Waals surface area contributed by atoms with Crippen LogP contribution >= 0.6 is 34.3 Å². The molecule has 3 heterocycles. The number of methoxy groups -OCH3 is 2. The molecule has 7 nitrogen and oxygen atoms in total.